The van der Waals surface area contributed by atoms with Gasteiger partial charge in [0, 0.05) is 13.7 Å². The number of rotatable bonds is 2. The molecule has 0 aliphatic carbocycles. The second kappa shape index (κ2) is 5.71. The van der Waals surface area contributed by atoms with Crippen LogP contribution in [0.4, 0.5) is 5.69 Å². The third-order valence-corrected chi connectivity index (χ3v) is 3.52. The molecule has 0 aliphatic heterocycles. The van der Waals surface area contributed by atoms with Gasteiger partial charge in [-0.15, -0.1) is 0 Å². The van der Waals surface area contributed by atoms with Crippen molar-refractivity contribution in [3.8, 4) is 5.75 Å². The molecule has 0 radical (unpaired) electrons. The lowest BCUT2D eigenvalue weighted by molar-refractivity contribution is 0.102. The Bertz CT molecular complexity index is 584. The number of anilines is 1. The highest BCUT2D eigenvalue weighted by Gasteiger charge is 2.11. The average molecular weight is 418 g/mol. The van der Waals surface area contributed by atoms with Crippen LogP contribution >= 0.6 is 38.5 Å². The van der Waals surface area contributed by atoms with Crippen LogP contribution in [0.2, 0.25) is 0 Å². The average Bonchev–Trinajstić information content (AvgIpc) is 2.32. The highest BCUT2D eigenvalue weighted by molar-refractivity contribution is 14.1. The molecule has 92 valence electrons. The second-order valence-electron chi connectivity index (χ2n) is 3.62. The standard InChI is InChI=1S/C13H9BrINO2/c14-8-1-6-11(12(17)7-8)13(18)16-10-4-2-9(15)3-5-10/h1-7,17H,(H,16,18). The van der Waals surface area contributed by atoms with Crippen LogP contribution in [0.25, 0.3) is 0 Å². The van der Waals surface area contributed by atoms with Crippen LogP contribution in [0, 0.1) is 3.57 Å². The Morgan fingerprint density at radius 1 is 1.17 bits per heavy atom. The van der Waals surface area contributed by atoms with Crippen LogP contribution in [0.15, 0.2) is 46.9 Å². The molecule has 0 saturated carbocycles. The summed E-state index contributed by atoms with van der Waals surface area (Å²) in [6.07, 6.45) is 0. The van der Waals surface area contributed by atoms with Gasteiger partial charge in [0.15, 0.2) is 0 Å². The van der Waals surface area contributed by atoms with Crippen molar-refractivity contribution in [2.24, 2.45) is 0 Å². The molecular weight excluding hydrogens is 409 g/mol. The van der Waals surface area contributed by atoms with Crippen LogP contribution in [-0.2, 0) is 0 Å². The van der Waals surface area contributed by atoms with Gasteiger partial charge in [-0.25, -0.2) is 0 Å². The number of aromatic hydroxyl groups is 1. The van der Waals surface area contributed by atoms with Gasteiger partial charge in [0.1, 0.15) is 5.75 Å². The maximum Gasteiger partial charge on any atom is 0.259 e. The van der Waals surface area contributed by atoms with Crippen LogP contribution in [0.3, 0.4) is 0 Å². The fourth-order valence-corrected chi connectivity index (χ4v) is 2.14. The molecule has 2 rings (SSSR count). The number of hydrogen-bond donors (Lipinski definition) is 2. The number of benzene rings is 2. The molecule has 2 N–H and O–H groups in total. The first-order chi connectivity index (χ1) is 8.56. The molecule has 0 fully saturated rings. The number of phenolic OH excluding ortho intramolecular Hbond substituents is 1. The minimum absolute atomic E-state index is 0.0487. The fourth-order valence-electron chi connectivity index (χ4n) is 1.43. The molecule has 0 bridgehead atoms. The van der Waals surface area contributed by atoms with Crippen molar-refractivity contribution in [1.29, 1.82) is 0 Å². The molecule has 0 spiro atoms. The van der Waals surface area contributed by atoms with E-state index in [2.05, 4.69) is 43.8 Å². The largest absolute Gasteiger partial charge is 0.507 e. The van der Waals surface area contributed by atoms with Crippen LogP contribution in [0.1, 0.15) is 10.4 Å². The van der Waals surface area contributed by atoms with E-state index < -0.39 is 0 Å². The molecule has 1 amide bonds. The van der Waals surface area contributed by atoms with E-state index in [-0.39, 0.29) is 17.2 Å². The normalized spacial score (nSPS) is 10.1. The Hall–Kier alpha value is -1.08. The predicted molar refractivity (Wildman–Crippen MR) is 82.9 cm³/mol. The SMILES string of the molecule is O=C(Nc1ccc(I)cc1)c1ccc(Br)cc1O. The molecule has 2 aromatic rings. The third kappa shape index (κ3) is 3.23. The molecule has 0 saturated heterocycles. The Kier molecular flexibility index (Phi) is 4.23. The van der Waals surface area contributed by atoms with Gasteiger partial charge in [0.25, 0.3) is 5.91 Å². The van der Waals surface area contributed by atoms with E-state index in [9.17, 15) is 9.90 Å². The molecule has 5 heteroatoms. The minimum atomic E-state index is -0.332. The lowest BCUT2D eigenvalue weighted by atomic mass is 10.2. The summed E-state index contributed by atoms with van der Waals surface area (Å²) in [6.45, 7) is 0. The highest BCUT2D eigenvalue weighted by atomic mass is 127. The molecule has 0 aromatic heterocycles. The first-order valence-electron chi connectivity index (χ1n) is 5.12. The Morgan fingerprint density at radius 3 is 2.44 bits per heavy atom. The maximum absolute atomic E-state index is 11.9. The zero-order valence-corrected chi connectivity index (χ0v) is 12.9. The number of carbonyl (C=O) groups excluding carboxylic acids is 1. The summed E-state index contributed by atoms with van der Waals surface area (Å²) in [5, 5.41) is 12.4. The van der Waals surface area contributed by atoms with E-state index in [1.165, 1.54) is 6.07 Å². The van der Waals surface area contributed by atoms with E-state index >= 15 is 0 Å². The molecule has 3 nitrogen and oxygen atoms in total. The van der Waals surface area contributed by atoms with Crippen molar-refractivity contribution in [1.82, 2.24) is 0 Å². The lowest BCUT2D eigenvalue weighted by Crippen LogP contribution is -2.11. The minimum Gasteiger partial charge on any atom is -0.507 e. The summed E-state index contributed by atoms with van der Waals surface area (Å²) in [5.41, 5.74) is 0.944. The first kappa shape index (κ1) is 13.4. The summed E-state index contributed by atoms with van der Waals surface area (Å²) >= 11 is 5.42. The zero-order valence-electron chi connectivity index (χ0n) is 9.15. The van der Waals surface area contributed by atoms with E-state index in [0.717, 1.165) is 8.04 Å². The maximum atomic E-state index is 11.9. The van der Waals surface area contributed by atoms with Crippen molar-refractivity contribution in [3.05, 3.63) is 56.1 Å². The summed E-state index contributed by atoms with van der Waals surface area (Å²) in [6, 6.07) is 12.2. The van der Waals surface area contributed by atoms with E-state index in [4.69, 9.17) is 0 Å². The van der Waals surface area contributed by atoms with Gasteiger partial charge in [-0.3, -0.25) is 4.79 Å². The second-order valence-corrected chi connectivity index (χ2v) is 5.78. The van der Waals surface area contributed by atoms with Gasteiger partial charge in [-0.05, 0) is 65.1 Å². The van der Waals surface area contributed by atoms with Gasteiger partial charge in [-0.2, -0.15) is 0 Å². The smallest absolute Gasteiger partial charge is 0.259 e. The Balaban J connectivity index is 2.19. The fraction of sp³-hybridized carbons (Fsp3) is 0. The van der Waals surface area contributed by atoms with Crippen LogP contribution in [0.5, 0.6) is 5.75 Å². The van der Waals surface area contributed by atoms with Crippen LogP contribution in [-0.4, -0.2) is 11.0 Å². The number of nitrogens with one attached hydrogen (secondary N) is 1. The number of carbonyl (C=O) groups is 1. The summed E-state index contributed by atoms with van der Waals surface area (Å²) < 4.78 is 1.82. The van der Waals surface area contributed by atoms with Crippen molar-refractivity contribution >= 4 is 50.1 Å². The summed E-state index contributed by atoms with van der Waals surface area (Å²) in [5.74, 6) is -0.381. The molecule has 0 unspecified atom stereocenters. The third-order valence-electron chi connectivity index (χ3n) is 2.31. The van der Waals surface area contributed by atoms with Gasteiger partial charge in [-0.1, -0.05) is 15.9 Å². The van der Waals surface area contributed by atoms with Gasteiger partial charge in [0.2, 0.25) is 0 Å². The van der Waals surface area contributed by atoms with E-state index in [1.807, 2.05) is 24.3 Å². The number of phenols is 1. The van der Waals surface area contributed by atoms with Gasteiger partial charge < -0.3 is 10.4 Å². The van der Waals surface area contributed by atoms with Crippen molar-refractivity contribution in [3.63, 3.8) is 0 Å². The topological polar surface area (TPSA) is 49.3 Å². The highest BCUT2D eigenvalue weighted by Crippen LogP contribution is 2.23. The van der Waals surface area contributed by atoms with E-state index in [0.29, 0.717) is 5.69 Å². The lowest BCUT2D eigenvalue weighted by Gasteiger charge is -2.07. The quantitative estimate of drug-likeness (QED) is 0.725. The molecular formula is C13H9BrINO2. The van der Waals surface area contributed by atoms with Gasteiger partial charge >= 0.3 is 0 Å². The Morgan fingerprint density at radius 2 is 1.83 bits per heavy atom. The zero-order chi connectivity index (χ0) is 13.1. The van der Waals surface area contributed by atoms with Crippen molar-refractivity contribution in [2.75, 3.05) is 5.32 Å². The number of halogens is 2. The number of amides is 1. The van der Waals surface area contributed by atoms with Crippen molar-refractivity contribution < 1.29 is 9.90 Å². The molecule has 0 heterocycles. The molecule has 18 heavy (non-hydrogen) atoms. The number of hydrogen-bond acceptors (Lipinski definition) is 2. The van der Waals surface area contributed by atoms with Crippen LogP contribution < -0.4 is 5.32 Å². The van der Waals surface area contributed by atoms with Gasteiger partial charge in [0.05, 0.1) is 5.56 Å². The predicted octanol–water partition coefficient (Wildman–Crippen LogP) is 4.01. The molecule has 0 atom stereocenters. The van der Waals surface area contributed by atoms with E-state index in [1.54, 1.807) is 12.1 Å². The monoisotopic (exact) mass is 417 g/mol. The van der Waals surface area contributed by atoms with Crippen molar-refractivity contribution in [2.45, 2.75) is 0 Å². The molecule has 0 aliphatic rings. The molecule has 2 aromatic carbocycles. The summed E-state index contributed by atoms with van der Waals surface area (Å²) in [4.78, 5) is 11.9. The first-order valence-corrected chi connectivity index (χ1v) is 6.99. The Labute approximate surface area is 126 Å². The summed E-state index contributed by atoms with van der Waals surface area (Å²) in [7, 11) is 0.